The molecule has 0 amide bonds. The molecule has 0 atom stereocenters. The zero-order valence-electron chi connectivity index (χ0n) is 12.4. The Morgan fingerprint density at radius 3 is 2.35 bits per heavy atom. The van der Waals surface area contributed by atoms with Gasteiger partial charge in [-0.15, -0.1) is 0 Å². The quantitative estimate of drug-likeness (QED) is 0.568. The normalized spacial score (nSPS) is 11.8. The van der Waals surface area contributed by atoms with E-state index >= 15 is 0 Å². The van der Waals surface area contributed by atoms with E-state index in [4.69, 9.17) is 10.5 Å². The Labute approximate surface area is 121 Å². The molecule has 0 heterocycles. The maximum Gasteiger partial charge on any atom is 0.241 e. The maximum absolute atomic E-state index is 12.3. The highest BCUT2D eigenvalue weighted by atomic mass is 32.2. The molecule has 5 nitrogen and oxygen atoms in total. The second-order valence-corrected chi connectivity index (χ2v) is 6.55. The van der Waals surface area contributed by atoms with Gasteiger partial charge in [-0.05, 0) is 49.9 Å². The molecule has 0 aliphatic carbocycles. The highest BCUT2D eigenvalue weighted by Crippen LogP contribution is 2.22. The van der Waals surface area contributed by atoms with Gasteiger partial charge in [0.1, 0.15) is 0 Å². The minimum Gasteiger partial charge on any atom is -0.399 e. The summed E-state index contributed by atoms with van der Waals surface area (Å²) < 4.78 is 32.5. The van der Waals surface area contributed by atoms with Crippen LogP contribution in [0.15, 0.2) is 17.0 Å². The first-order valence-corrected chi connectivity index (χ1v) is 8.31. The standard InChI is InChI=1S/C14H24N2O3S/c1-4-7-19-8-5-6-16-20(17,18)14-11(2)9-13(15)10-12(14)3/h9-10,16H,4-8,15H2,1-3H3. The van der Waals surface area contributed by atoms with Crippen molar-refractivity contribution >= 4 is 15.7 Å². The lowest BCUT2D eigenvalue weighted by atomic mass is 10.1. The number of hydrogen-bond acceptors (Lipinski definition) is 4. The molecule has 0 radical (unpaired) electrons. The largest absolute Gasteiger partial charge is 0.399 e. The van der Waals surface area contributed by atoms with Gasteiger partial charge in [-0.25, -0.2) is 13.1 Å². The van der Waals surface area contributed by atoms with Gasteiger partial charge in [0, 0.05) is 25.4 Å². The fourth-order valence-corrected chi connectivity index (χ4v) is 3.63. The van der Waals surface area contributed by atoms with Crippen LogP contribution in [0.3, 0.4) is 0 Å². The van der Waals surface area contributed by atoms with Crippen LogP contribution < -0.4 is 10.5 Å². The van der Waals surface area contributed by atoms with Crippen LogP contribution >= 0.6 is 0 Å². The SMILES string of the molecule is CCCOCCCNS(=O)(=O)c1c(C)cc(N)cc1C. The molecule has 0 spiro atoms. The van der Waals surface area contributed by atoms with Crippen LogP contribution in [0.5, 0.6) is 0 Å². The van der Waals surface area contributed by atoms with Crippen LogP contribution in [0, 0.1) is 13.8 Å². The summed E-state index contributed by atoms with van der Waals surface area (Å²) in [6, 6.07) is 3.35. The van der Waals surface area contributed by atoms with Gasteiger partial charge >= 0.3 is 0 Å². The van der Waals surface area contributed by atoms with Crippen LogP contribution in [-0.2, 0) is 14.8 Å². The average Bonchev–Trinajstić information content (AvgIpc) is 2.31. The van der Waals surface area contributed by atoms with E-state index < -0.39 is 10.0 Å². The van der Waals surface area contributed by atoms with Gasteiger partial charge in [0.15, 0.2) is 0 Å². The van der Waals surface area contributed by atoms with Crippen LogP contribution in [0.2, 0.25) is 0 Å². The van der Waals surface area contributed by atoms with Gasteiger partial charge in [0.05, 0.1) is 4.90 Å². The van der Waals surface area contributed by atoms with Gasteiger partial charge in [0.25, 0.3) is 0 Å². The molecule has 1 aromatic rings. The third-order valence-corrected chi connectivity index (χ3v) is 4.62. The number of sulfonamides is 1. The van der Waals surface area contributed by atoms with Crippen LogP contribution in [-0.4, -0.2) is 28.2 Å². The smallest absolute Gasteiger partial charge is 0.241 e. The molecule has 20 heavy (non-hydrogen) atoms. The first-order chi connectivity index (χ1) is 9.38. The number of anilines is 1. The topological polar surface area (TPSA) is 81.4 Å². The van der Waals surface area contributed by atoms with Crippen molar-refractivity contribution in [3.05, 3.63) is 23.3 Å². The second-order valence-electron chi connectivity index (χ2n) is 4.85. The second kappa shape index (κ2) is 7.61. The van der Waals surface area contributed by atoms with E-state index in [0.29, 0.717) is 47.9 Å². The third-order valence-electron chi connectivity index (χ3n) is 2.86. The molecule has 0 aliphatic rings. The number of benzene rings is 1. The predicted octanol–water partition coefficient (Wildman–Crippen LogP) is 1.98. The van der Waals surface area contributed by atoms with Gasteiger partial charge in [-0.3, -0.25) is 0 Å². The Hall–Kier alpha value is -1.11. The summed E-state index contributed by atoms with van der Waals surface area (Å²) in [6.45, 7) is 7.19. The van der Waals surface area contributed by atoms with E-state index in [-0.39, 0.29) is 0 Å². The molecule has 1 rings (SSSR count). The number of nitrogens with one attached hydrogen (secondary N) is 1. The molecule has 1 aromatic carbocycles. The lowest BCUT2D eigenvalue weighted by molar-refractivity contribution is 0.133. The fraction of sp³-hybridized carbons (Fsp3) is 0.571. The monoisotopic (exact) mass is 300 g/mol. The molecule has 0 saturated heterocycles. The molecule has 0 aromatic heterocycles. The molecule has 0 fully saturated rings. The van der Waals surface area contributed by atoms with Gasteiger partial charge in [-0.1, -0.05) is 6.92 Å². The van der Waals surface area contributed by atoms with E-state index in [1.165, 1.54) is 0 Å². The van der Waals surface area contributed by atoms with Crippen molar-refractivity contribution in [2.45, 2.75) is 38.5 Å². The average molecular weight is 300 g/mol. The Bertz CT molecular complexity index is 518. The lowest BCUT2D eigenvalue weighted by Crippen LogP contribution is -2.27. The summed E-state index contributed by atoms with van der Waals surface area (Å²) >= 11 is 0. The number of aryl methyl sites for hydroxylation is 2. The van der Waals surface area contributed by atoms with Gasteiger partial charge in [-0.2, -0.15) is 0 Å². The number of hydrogen-bond donors (Lipinski definition) is 2. The summed E-state index contributed by atoms with van der Waals surface area (Å²) in [5.41, 5.74) is 7.61. The Balaban J connectivity index is 2.66. The van der Waals surface area contributed by atoms with E-state index in [0.717, 1.165) is 6.42 Å². The first kappa shape index (κ1) is 16.9. The molecule has 0 bridgehead atoms. The highest BCUT2D eigenvalue weighted by molar-refractivity contribution is 7.89. The van der Waals surface area contributed by atoms with Crippen molar-refractivity contribution in [2.75, 3.05) is 25.5 Å². The van der Waals surface area contributed by atoms with Gasteiger partial charge < -0.3 is 10.5 Å². The Kier molecular flexibility index (Phi) is 6.45. The summed E-state index contributed by atoms with van der Waals surface area (Å²) in [5, 5.41) is 0. The zero-order chi connectivity index (χ0) is 15.2. The fourth-order valence-electron chi connectivity index (χ4n) is 2.11. The van der Waals surface area contributed by atoms with E-state index in [9.17, 15) is 8.42 Å². The van der Waals surface area contributed by atoms with Crippen molar-refractivity contribution in [2.24, 2.45) is 0 Å². The van der Waals surface area contributed by atoms with Crippen molar-refractivity contribution in [3.63, 3.8) is 0 Å². The van der Waals surface area contributed by atoms with Crippen LogP contribution in [0.1, 0.15) is 30.9 Å². The van der Waals surface area contributed by atoms with E-state index in [2.05, 4.69) is 4.72 Å². The molecule has 3 N–H and O–H groups in total. The number of nitrogen functional groups attached to an aromatic ring is 1. The number of nitrogens with two attached hydrogens (primary N) is 1. The maximum atomic E-state index is 12.3. The zero-order valence-corrected chi connectivity index (χ0v) is 13.2. The molecule has 0 aliphatic heterocycles. The van der Waals surface area contributed by atoms with Crippen molar-refractivity contribution in [1.29, 1.82) is 0 Å². The summed E-state index contributed by atoms with van der Waals surface area (Å²) in [6.07, 6.45) is 1.63. The Morgan fingerprint density at radius 1 is 1.20 bits per heavy atom. The molecule has 0 saturated carbocycles. The minimum absolute atomic E-state index is 0.321. The molecule has 114 valence electrons. The number of ether oxygens (including phenoxy) is 1. The highest BCUT2D eigenvalue weighted by Gasteiger charge is 2.19. The molecular weight excluding hydrogens is 276 g/mol. The first-order valence-electron chi connectivity index (χ1n) is 6.82. The van der Waals surface area contributed by atoms with E-state index in [1.54, 1.807) is 26.0 Å². The van der Waals surface area contributed by atoms with Crippen LogP contribution in [0.4, 0.5) is 5.69 Å². The molecule has 0 unspecified atom stereocenters. The third kappa shape index (κ3) is 4.77. The molecule has 6 heteroatoms. The predicted molar refractivity (Wildman–Crippen MR) is 81.2 cm³/mol. The van der Waals surface area contributed by atoms with Crippen molar-refractivity contribution in [1.82, 2.24) is 4.72 Å². The summed E-state index contributed by atoms with van der Waals surface area (Å²) in [4.78, 5) is 0.321. The molecular formula is C14H24N2O3S. The summed E-state index contributed by atoms with van der Waals surface area (Å²) in [5.74, 6) is 0. The van der Waals surface area contributed by atoms with Crippen molar-refractivity contribution in [3.8, 4) is 0 Å². The number of rotatable bonds is 8. The van der Waals surface area contributed by atoms with E-state index in [1.807, 2.05) is 6.92 Å². The Morgan fingerprint density at radius 2 is 1.80 bits per heavy atom. The van der Waals surface area contributed by atoms with Gasteiger partial charge in [0.2, 0.25) is 10.0 Å². The van der Waals surface area contributed by atoms with Crippen LogP contribution in [0.25, 0.3) is 0 Å². The summed E-state index contributed by atoms with van der Waals surface area (Å²) in [7, 11) is -3.49. The lowest BCUT2D eigenvalue weighted by Gasteiger charge is -2.13. The minimum atomic E-state index is -3.49. The van der Waals surface area contributed by atoms with Crippen molar-refractivity contribution < 1.29 is 13.2 Å².